The number of nitrogens with one attached hydrogen (secondary N) is 1. The second-order valence-corrected chi connectivity index (χ2v) is 12.0. The van der Waals surface area contributed by atoms with Gasteiger partial charge in [0.2, 0.25) is 11.8 Å². The Morgan fingerprint density at radius 2 is 1.76 bits per heavy atom. The SMILES string of the molecule is COc1ccc(N2C(=O)C3Sc4[nH]c(=O)sc4C(c4cc([N+](=O)[O-])ccc4OCc4ccc(Cl)cc4)C3C2=O)cc1. The highest BCUT2D eigenvalue weighted by atomic mass is 35.5. The number of aromatic amines is 1. The number of non-ortho nitro benzene ring substituents is 1. The van der Waals surface area contributed by atoms with Gasteiger partial charge in [0.05, 0.1) is 28.7 Å². The minimum Gasteiger partial charge on any atom is -0.497 e. The third-order valence-corrected chi connectivity index (χ3v) is 9.65. The van der Waals surface area contributed by atoms with E-state index in [-0.39, 0.29) is 17.2 Å². The second kappa shape index (κ2) is 10.7. The lowest BCUT2D eigenvalue weighted by molar-refractivity contribution is -0.385. The molecule has 3 heterocycles. The van der Waals surface area contributed by atoms with Crippen LogP contribution >= 0.6 is 34.7 Å². The molecule has 1 aromatic heterocycles. The van der Waals surface area contributed by atoms with Gasteiger partial charge in [0.25, 0.3) is 5.69 Å². The molecular weight excluding hydrogens is 590 g/mol. The molecule has 0 aliphatic carbocycles. The fraction of sp³-hybridized carbons (Fsp3) is 0.179. The number of anilines is 1. The number of H-pyrrole nitrogens is 1. The molecule has 13 heteroatoms. The van der Waals surface area contributed by atoms with Gasteiger partial charge in [-0.25, -0.2) is 4.90 Å². The quantitative estimate of drug-likeness (QED) is 0.168. The van der Waals surface area contributed by atoms with E-state index in [2.05, 4.69) is 4.98 Å². The van der Waals surface area contributed by atoms with E-state index in [1.165, 1.54) is 25.3 Å². The predicted molar refractivity (Wildman–Crippen MR) is 154 cm³/mol. The predicted octanol–water partition coefficient (Wildman–Crippen LogP) is 5.38. The lowest BCUT2D eigenvalue weighted by Crippen LogP contribution is -2.32. The van der Waals surface area contributed by atoms with E-state index in [1.54, 1.807) is 48.5 Å². The van der Waals surface area contributed by atoms with Crippen LogP contribution in [0.2, 0.25) is 5.02 Å². The first-order chi connectivity index (χ1) is 19.7. The van der Waals surface area contributed by atoms with Gasteiger partial charge in [-0.1, -0.05) is 46.8 Å². The first kappa shape index (κ1) is 27.1. The highest BCUT2D eigenvalue weighted by Crippen LogP contribution is 2.55. The number of fused-ring (bicyclic) bond motifs is 2. The van der Waals surface area contributed by atoms with Crippen LogP contribution in [0.25, 0.3) is 0 Å². The lowest BCUT2D eigenvalue weighted by Gasteiger charge is -2.30. The van der Waals surface area contributed by atoms with Crippen LogP contribution in [-0.4, -0.2) is 34.1 Å². The highest BCUT2D eigenvalue weighted by Gasteiger charge is 2.57. The van der Waals surface area contributed by atoms with Crippen molar-refractivity contribution in [1.29, 1.82) is 0 Å². The van der Waals surface area contributed by atoms with E-state index in [9.17, 15) is 24.5 Å². The molecule has 41 heavy (non-hydrogen) atoms. The molecule has 2 amide bonds. The van der Waals surface area contributed by atoms with Gasteiger partial charge in [-0.3, -0.25) is 24.5 Å². The number of nitrogens with zero attached hydrogens (tertiary/aromatic N) is 2. The monoisotopic (exact) mass is 609 g/mol. The number of halogens is 1. The van der Waals surface area contributed by atoms with Crippen LogP contribution in [-0.2, 0) is 16.2 Å². The summed E-state index contributed by atoms with van der Waals surface area (Å²) < 4.78 is 11.3. The summed E-state index contributed by atoms with van der Waals surface area (Å²) >= 11 is 8.04. The van der Waals surface area contributed by atoms with Crippen LogP contribution in [0.1, 0.15) is 21.9 Å². The number of thiazole rings is 1. The van der Waals surface area contributed by atoms with Crippen molar-refractivity contribution in [3.8, 4) is 11.5 Å². The van der Waals surface area contributed by atoms with Crippen LogP contribution in [0.5, 0.6) is 11.5 Å². The molecular formula is C28H20ClN3O7S2. The summed E-state index contributed by atoms with van der Waals surface area (Å²) in [4.78, 5) is 55.6. The number of thioether (sulfide) groups is 1. The molecule has 2 aliphatic heterocycles. The Labute approximate surface area is 246 Å². The zero-order valence-corrected chi connectivity index (χ0v) is 23.6. The normalized spacial score (nSPS) is 19.6. The van der Waals surface area contributed by atoms with E-state index >= 15 is 0 Å². The number of aromatic nitrogens is 1. The van der Waals surface area contributed by atoms with Crippen LogP contribution in [0.15, 0.2) is 76.6 Å². The van der Waals surface area contributed by atoms with Crippen LogP contribution in [0, 0.1) is 16.0 Å². The average molecular weight is 610 g/mol. The molecule has 3 aromatic carbocycles. The zero-order valence-electron chi connectivity index (χ0n) is 21.2. The van der Waals surface area contributed by atoms with Gasteiger partial charge in [0.1, 0.15) is 23.4 Å². The van der Waals surface area contributed by atoms with Gasteiger partial charge in [-0.05, 0) is 48.0 Å². The van der Waals surface area contributed by atoms with Crippen LogP contribution in [0.3, 0.4) is 0 Å². The summed E-state index contributed by atoms with van der Waals surface area (Å²) in [6.45, 7) is 0.124. The number of rotatable bonds is 7. The van der Waals surface area contributed by atoms with Gasteiger partial charge >= 0.3 is 4.87 Å². The van der Waals surface area contributed by atoms with E-state index in [4.69, 9.17) is 21.1 Å². The van der Waals surface area contributed by atoms with Gasteiger partial charge in [0, 0.05) is 33.5 Å². The number of methoxy groups -OCH3 is 1. The van der Waals surface area contributed by atoms with Gasteiger partial charge in [-0.2, -0.15) is 0 Å². The number of benzene rings is 3. The number of amides is 2. The van der Waals surface area contributed by atoms with Gasteiger partial charge in [-0.15, -0.1) is 0 Å². The molecule has 0 saturated carbocycles. The van der Waals surface area contributed by atoms with Crippen LogP contribution in [0.4, 0.5) is 11.4 Å². The summed E-state index contributed by atoms with van der Waals surface area (Å²) in [5.74, 6) is -1.82. The average Bonchev–Trinajstić information content (AvgIpc) is 3.46. The van der Waals surface area contributed by atoms with E-state index < -0.39 is 33.8 Å². The third-order valence-electron chi connectivity index (χ3n) is 7.00. The Kier molecular flexibility index (Phi) is 7.06. The van der Waals surface area contributed by atoms with Crippen molar-refractivity contribution >= 4 is 57.9 Å². The van der Waals surface area contributed by atoms with E-state index in [1.807, 2.05) is 0 Å². The second-order valence-electron chi connectivity index (χ2n) is 9.35. The first-order valence-electron chi connectivity index (χ1n) is 12.3. The minimum atomic E-state index is -0.937. The Bertz CT molecular complexity index is 1740. The van der Waals surface area contributed by atoms with Crippen molar-refractivity contribution < 1.29 is 24.0 Å². The van der Waals surface area contributed by atoms with Crippen LogP contribution < -0.4 is 19.2 Å². The molecule has 10 nitrogen and oxygen atoms in total. The van der Waals surface area contributed by atoms with Crippen molar-refractivity contribution in [2.45, 2.75) is 22.8 Å². The van der Waals surface area contributed by atoms with Crippen molar-refractivity contribution in [3.05, 3.63) is 108 Å². The van der Waals surface area contributed by atoms with Gasteiger partial charge < -0.3 is 14.5 Å². The number of nitro benzene ring substituents is 1. The summed E-state index contributed by atoms with van der Waals surface area (Å²) in [5.41, 5.74) is 1.32. The molecule has 2 aliphatic rings. The molecule has 0 spiro atoms. The highest BCUT2D eigenvalue weighted by molar-refractivity contribution is 8.00. The van der Waals surface area contributed by atoms with Gasteiger partial charge in [0.15, 0.2) is 0 Å². The minimum absolute atomic E-state index is 0.124. The van der Waals surface area contributed by atoms with Crippen molar-refractivity contribution in [3.63, 3.8) is 0 Å². The number of nitro groups is 1. The molecule has 3 atom stereocenters. The molecule has 6 rings (SSSR count). The Hall–Kier alpha value is -4.13. The smallest absolute Gasteiger partial charge is 0.305 e. The van der Waals surface area contributed by atoms with Crippen molar-refractivity contribution in [1.82, 2.24) is 4.98 Å². The molecule has 1 saturated heterocycles. The topological polar surface area (TPSA) is 132 Å². The molecule has 3 unspecified atom stereocenters. The molecule has 1 N–H and O–H groups in total. The number of ether oxygens (including phenoxy) is 2. The first-order valence-corrected chi connectivity index (χ1v) is 14.4. The fourth-order valence-electron chi connectivity index (χ4n) is 5.10. The number of carbonyl (C=O) groups is 2. The summed E-state index contributed by atoms with van der Waals surface area (Å²) in [7, 11) is 1.52. The Morgan fingerprint density at radius 3 is 2.44 bits per heavy atom. The molecule has 0 radical (unpaired) electrons. The number of hydrogen-bond donors (Lipinski definition) is 1. The summed E-state index contributed by atoms with van der Waals surface area (Å²) in [6.07, 6.45) is 0. The third kappa shape index (κ3) is 4.88. The van der Waals surface area contributed by atoms with E-state index in [0.717, 1.165) is 33.6 Å². The van der Waals surface area contributed by atoms with E-state index in [0.29, 0.717) is 37.7 Å². The standard InChI is InChI=1S/C28H20ClN3O7S2/c1-38-18-9-6-16(7-10-18)31-26(33)22-21(23-25(30-28(35)41-23)40-24(22)27(31)34)19-12-17(32(36)37)8-11-20(19)39-13-14-2-4-15(29)5-3-14/h2-12,21-22,24H,13H2,1H3,(H,30,35). The lowest BCUT2D eigenvalue weighted by atomic mass is 9.82. The molecule has 208 valence electrons. The molecule has 0 bridgehead atoms. The fourth-order valence-corrected chi connectivity index (χ4v) is 7.74. The maximum Gasteiger partial charge on any atom is 0.305 e. The zero-order chi connectivity index (χ0) is 28.8. The number of hydrogen-bond acceptors (Lipinski definition) is 9. The summed E-state index contributed by atoms with van der Waals surface area (Å²) in [6, 6.07) is 17.7. The Balaban J connectivity index is 1.46. The maximum atomic E-state index is 14.0. The van der Waals surface area contributed by atoms with Crippen molar-refractivity contribution in [2.24, 2.45) is 5.92 Å². The number of carbonyl (C=O) groups excluding carboxylic acids is 2. The Morgan fingerprint density at radius 1 is 1.02 bits per heavy atom. The largest absolute Gasteiger partial charge is 0.497 e. The maximum absolute atomic E-state index is 14.0. The summed E-state index contributed by atoms with van der Waals surface area (Å²) in [5, 5.41) is 12.0. The van der Waals surface area contributed by atoms with Crippen molar-refractivity contribution in [2.75, 3.05) is 12.0 Å². The number of imide groups is 1. The molecule has 4 aromatic rings. The molecule has 1 fully saturated rings.